The normalized spacial score (nSPS) is 9.90. The second kappa shape index (κ2) is 17.3. The zero-order valence-corrected chi connectivity index (χ0v) is 25.6. The van der Waals surface area contributed by atoms with Gasteiger partial charge in [-0.05, 0) is 21.2 Å². The van der Waals surface area contributed by atoms with Gasteiger partial charge in [0.05, 0.1) is 0 Å². The molecule has 39 heavy (non-hydrogen) atoms. The van der Waals surface area contributed by atoms with Crippen molar-refractivity contribution in [3.63, 3.8) is 0 Å². The maximum absolute atomic E-state index is 2.46. The van der Waals surface area contributed by atoms with Crippen LogP contribution in [0.3, 0.4) is 0 Å². The van der Waals surface area contributed by atoms with Gasteiger partial charge in [0.15, 0.2) is 0 Å². The SMILES string of the molecule is [Cl-].[Cl-].[Fe+2].c1cc[cH-]c1.c1ccc(P(c2ccccc2)c2cc[c-](P(c3ccccc3)c3ccccc3)c2)cc1. The van der Waals surface area contributed by atoms with Gasteiger partial charge < -0.3 is 24.8 Å². The van der Waals surface area contributed by atoms with Crippen LogP contribution >= 0.6 is 15.8 Å². The summed E-state index contributed by atoms with van der Waals surface area (Å²) in [5.41, 5.74) is 0. The molecule has 6 aromatic carbocycles. The Balaban J connectivity index is 0.000000603. The van der Waals surface area contributed by atoms with Gasteiger partial charge in [-0.1, -0.05) is 137 Å². The van der Waals surface area contributed by atoms with Gasteiger partial charge in [-0.2, -0.15) is 35.6 Å². The molecule has 0 nitrogen and oxygen atoms in total. The van der Waals surface area contributed by atoms with Crippen LogP contribution in [0.4, 0.5) is 0 Å². The summed E-state index contributed by atoms with van der Waals surface area (Å²) in [6, 6.07) is 60.9. The van der Waals surface area contributed by atoms with Crippen molar-refractivity contribution < 1.29 is 41.9 Å². The smallest absolute Gasteiger partial charge is 1.00 e. The number of benzene rings is 4. The van der Waals surface area contributed by atoms with Crippen LogP contribution in [0.5, 0.6) is 0 Å². The summed E-state index contributed by atoms with van der Waals surface area (Å²) in [7, 11) is -1.15. The van der Waals surface area contributed by atoms with E-state index in [1.54, 1.807) is 0 Å². The summed E-state index contributed by atoms with van der Waals surface area (Å²) >= 11 is 0. The molecule has 0 aliphatic heterocycles. The Kier molecular flexibility index (Phi) is 14.5. The van der Waals surface area contributed by atoms with E-state index in [4.69, 9.17) is 0 Å². The Labute approximate surface area is 258 Å². The van der Waals surface area contributed by atoms with E-state index in [-0.39, 0.29) is 41.9 Å². The molecule has 5 heteroatoms. The largest absolute Gasteiger partial charge is 2.00 e. The van der Waals surface area contributed by atoms with Crippen LogP contribution < -0.4 is 56.6 Å². The Morgan fingerprint density at radius 1 is 0.436 bits per heavy atom. The summed E-state index contributed by atoms with van der Waals surface area (Å²) in [6.07, 6.45) is 0. The molecule has 6 aromatic rings. The molecule has 198 valence electrons. The van der Waals surface area contributed by atoms with Crippen LogP contribution in [0, 0.1) is 0 Å². The molecule has 0 amide bonds. The molecular formula is C34H28Cl2FeP2-2. The first-order valence-electron chi connectivity index (χ1n) is 12.1. The van der Waals surface area contributed by atoms with E-state index in [2.05, 4.69) is 140 Å². The van der Waals surface area contributed by atoms with Crippen LogP contribution in [-0.2, 0) is 17.1 Å². The summed E-state index contributed by atoms with van der Waals surface area (Å²) in [5.74, 6) is 0. The van der Waals surface area contributed by atoms with Crippen LogP contribution in [0.25, 0.3) is 0 Å². The monoisotopic (exact) mass is 624 g/mol. The van der Waals surface area contributed by atoms with Crippen molar-refractivity contribution >= 4 is 47.7 Å². The van der Waals surface area contributed by atoms with Crippen molar-refractivity contribution in [3.05, 3.63) is 170 Å². The minimum absolute atomic E-state index is 0. The molecule has 0 aliphatic carbocycles. The minimum Gasteiger partial charge on any atom is -1.00 e. The van der Waals surface area contributed by atoms with E-state index in [9.17, 15) is 0 Å². The number of halogens is 2. The molecule has 0 fully saturated rings. The topological polar surface area (TPSA) is 0 Å². The molecule has 0 heterocycles. The summed E-state index contributed by atoms with van der Waals surface area (Å²) in [5, 5.41) is 8.41. The van der Waals surface area contributed by atoms with E-state index in [0.717, 1.165) is 0 Å². The molecule has 0 N–H and O–H groups in total. The second-order valence-electron chi connectivity index (χ2n) is 8.30. The molecular weight excluding hydrogens is 597 g/mol. The van der Waals surface area contributed by atoms with Crippen molar-refractivity contribution in [1.29, 1.82) is 0 Å². The van der Waals surface area contributed by atoms with Crippen LogP contribution in [0.2, 0.25) is 0 Å². The van der Waals surface area contributed by atoms with Gasteiger partial charge in [-0.3, -0.25) is 0 Å². The third-order valence-electron chi connectivity index (χ3n) is 5.85. The zero-order chi connectivity index (χ0) is 24.4. The first-order chi connectivity index (χ1) is 17.9. The Morgan fingerprint density at radius 2 is 0.821 bits per heavy atom. The third-order valence-corrected chi connectivity index (χ3v) is 10.7. The van der Waals surface area contributed by atoms with Crippen LogP contribution in [-0.4, -0.2) is 0 Å². The maximum atomic E-state index is 2.46. The van der Waals surface area contributed by atoms with Gasteiger partial charge >= 0.3 is 17.1 Å². The molecule has 6 rings (SSSR count). The van der Waals surface area contributed by atoms with E-state index < -0.39 is 15.8 Å². The third kappa shape index (κ3) is 8.76. The molecule has 0 aliphatic rings. The fraction of sp³-hybridized carbons (Fsp3) is 0. The van der Waals surface area contributed by atoms with E-state index in [1.165, 1.54) is 31.8 Å². The summed E-state index contributed by atoms with van der Waals surface area (Å²) < 4.78 is 0. The van der Waals surface area contributed by atoms with E-state index in [0.29, 0.717) is 0 Å². The van der Waals surface area contributed by atoms with E-state index >= 15 is 0 Å². The number of hydrogen-bond acceptors (Lipinski definition) is 0. The summed E-state index contributed by atoms with van der Waals surface area (Å²) in [4.78, 5) is 0. The maximum Gasteiger partial charge on any atom is 2.00 e. The van der Waals surface area contributed by atoms with Gasteiger partial charge in [0.25, 0.3) is 0 Å². The summed E-state index contributed by atoms with van der Waals surface area (Å²) in [6.45, 7) is 0. The Morgan fingerprint density at radius 3 is 1.18 bits per heavy atom. The predicted octanol–water partition coefficient (Wildman–Crippen LogP) is 0.333. The van der Waals surface area contributed by atoms with Crippen molar-refractivity contribution in [2.45, 2.75) is 0 Å². The average molecular weight is 625 g/mol. The molecule has 0 bridgehead atoms. The van der Waals surface area contributed by atoms with Gasteiger partial charge in [-0.25, -0.2) is 18.2 Å². The first-order valence-corrected chi connectivity index (χ1v) is 14.8. The number of hydrogen-bond donors (Lipinski definition) is 0. The van der Waals surface area contributed by atoms with Crippen LogP contribution in [0.15, 0.2) is 170 Å². The van der Waals surface area contributed by atoms with Crippen molar-refractivity contribution in [2.24, 2.45) is 0 Å². The molecule has 0 aromatic heterocycles. The van der Waals surface area contributed by atoms with Crippen molar-refractivity contribution in [1.82, 2.24) is 0 Å². The van der Waals surface area contributed by atoms with Gasteiger partial charge in [0.2, 0.25) is 0 Å². The van der Waals surface area contributed by atoms with E-state index in [1.807, 2.05) is 30.3 Å². The fourth-order valence-corrected chi connectivity index (χ4v) is 8.98. The Bertz CT molecular complexity index is 1230. The fourth-order valence-electron chi connectivity index (χ4n) is 4.22. The van der Waals surface area contributed by atoms with Gasteiger partial charge in [0.1, 0.15) is 0 Å². The predicted molar refractivity (Wildman–Crippen MR) is 161 cm³/mol. The molecule has 0 saturated carbocycles. The van der Waals surface area contributed by atoms with Crippen LogP contribution in [0.1, 0.15) is 0 Å². The molecule has 0 radical (unpaired) electrons. The molecule has 0 spiro atoms. The minimum atomic E-state index is -0.577. The zero-order valence-electron chi connectivity index (χ0n) is 21.2. The quantitative estimate of drug-likeness (QED) is 0.142. The molecule has 0 saturated heterocycles. The average Bonchev–Trinajstić information content (AvgIpc) is 3.68. The standard InChI is InChI=1S/C29H23P2.C5H5.2ClH.Fe/c1-5-13-24(14-6-1)30(25-15-7-2-8-16-25)28-21-22-29(23-28)31(26-17-9-3-10-18-26)27-19-11-4-12-20-27;1-2-4-5-3-1;;;/h1-23H;1-5H;2*1H;/q2*-1;;;+2/p-2. The molecule has 0 atom stereocenters. The second-order valence-corrected chi connectivity index (χ2v) is 12.7. The van der Waals surface area contributed by atoms with Crippen molar-refractivity contribution in [3.8, 4) is 0 Å². The van der Waals surface area contributed by atoms with Gasteiger partial charge in [0, 0.05) is 0 Å². The number of rotatable bonds is 6. The molecule has 0 unspecified atom stereocenters. The Hall–Kier alpha value is -2.46. The first kappa shape index (κ1) is 32.7. The van der Waals surface area contributed by atoms with Gasteiger partial charge in [-0.15, -0.1) is 5.30 Å². The van der Waals surface area contributed by atoms with Crippen molar-refractivity contribution in [2.75, 3.05) is 0 Å².